The van der Waals surface area contributed by atoms with Crippen LogP contribution in [0.5, 0.6) is 0 Å². The molecule has 0 bridgehead atoms. The molecule has 7 nitrogen and oxygen atoms in total. The summed E-state index contributed by atoms with van der Waals surface area (Å²) in [5.74, 6) is 0.0675. The van der Waals surface area contributed by atoms with Gasteiger partial charge in [-0.05, 0) is 31.9 Å². The summed E-state index contributed by atoms with van der Waals surface area (Å²) in [6.45, 7) is 3.83. The van der Waals surface area contributed by atoms with Crippen LogP contribution in [0.4, 0.5) is 0 Å². The molecule has 1 aromatic heterocycles. The third kappa shape index (κ3) is 4.03. The fourth-order valence-corrected chi connectivity index (χ4v) is 3.59. The van der Waals surface area contributed by atoms with E-state index in [1.165, 1.54) is 6.26 Å². The van der Waals surface area contributed by atoms with Crippen LogP contribution < -0.4 is 5.32 Å². The molecular formula is C18H25N3O4. The maximum atomic E-state index is 12.5. The largest absolute Gasteiger partial charge is 0.459 e. The van der Waals surface area contributed by atoms with Gasteiger partial charge in [-0.2, -0.15) is 0 Å². The van der Waals surface area contributed by atoms with E-state index < -0.39 is 11.9 Å². The molecule has 1 unspecified atom stereocenters. The Hall–Kier alpha value is -2.31. The Kier molecular flexibility index (Phi) is 5.40. The van der Waals surface area contributed by atoms with Crippen molar-refractivity contribution >= 4 is 17.7 Å². The van der Waals surface area contributed by atoms with E-state index in [4.69, 9.17) is 4.42 Å². The zero-order valence-corrected chi connectivity index (χ0v) is 14.6. The van der Waals surface area contributed by atoms with Gasteiger partial charge in [0.25, 0.3) is 5.91 Å². The van der Waals surface area contributed by atoms with Crippen molar-refractivity contribution in [2.75, 3.05) is 26.2 Å². The third-order valence-corrected chi connectivity index (χ3v) is 5.07. The fraction of sp³-hybridized carbons (Fsp3) is 0.611. The topological polar surface area (TPSA) is 82.9 Å². The average Bonchev–Trinajstić information content (AvgIpc) is 3.33. The van der Waals surface area contributed by atoms with E-state index in [0.717, 1.165) is 25.7 Å². The molecular weight excluding hydrogens is 322 g/mol. The summed E-state index contributed by atoms with van der Waals surface area (Å²) < 4.78 is 5.03. The Morgan fingerprint density at radius 2 is 1.76 bits per heavy atom. The number of nitrogens with one attached hydrogen (secondary N) is 1. The van der Waals surface area contributed by atoms with Crippen molar-refractivity contribution < 1.29 is 18.8 Å². The lowest BCUT2D eigenvalue weighted by Crippen LogP contribution is -2.55. The fourth-order valence-electron chi connectivity index (χ4n) is 3.59. The van der Waals surface area contributed by atoms with Crippen LogP contribution in [0, 0.1) is 5.92 Å². The van der Waals surface area contributed by atoms with Gasteiger partial charge in [-0.25, -0.2) is 0 Å². The van der Waals surface area contributed by atoms with Crippen molar-refractivity contribution in [3.05, 3.63) is 24.2 Å². The third-order valence-electron chi connectivity index (χ3n) is 5.07. The molecule has 25 heavy (non-hydrogen) atoms. The molecule has 0 radical (unpaired) electrons. The van der Waals surface area contributed by atoms with E-state index in [9.17, 15) is 14.4 Å². The molecule has 1 saturated carbocycles. The molecule has 0 spiro atoms. The summed E-state index contributed by atoms with van der Waals surface area (Å²) in [7, 11) is 0. The van der Waals surface area contributed by atoms with Crippen LogP contribution in [0.25, 0.3) is 0 Å². The van der Waals surface area contributed by atoms with Gasteiger partial charge in [-0.3, -0.25) is 14.4 Å². The van der Waals surface area contributed by atoms with Gasteiger partial charge in [-0.1, -0.05) is 12.8 Å². The van der Waals surface area contributed by atoms with Crippen LogP contribution in [-0.4, -0.2) is 59.7 Å². The smallest absolute Gasteiger partial charge is 0.287 e. The Bertz CT molecular complexity index is 614. The number of piperazine rings is 1. The first-order chi connectivity index (χ1) is 12.1. The van der Waals surface area contributed by atoms with Gasteiger partial charge in [0.15, 0.2) is 5.76 Å². The first-order valence-electron chi connectivity index (χ1n) is 8.98. The van der Waals surface area contributed by atoms with Gasteiger partial charge < -0.3 is 19.5 Å². The number of nitrogens with zero attached hydrogens (tertiary/aromatic N) is 2. The standard InChI is InChI=1S/C18H25N3O4/c1-13(19-16(22)15-7-4-12-25-15)17(23)20-8-10-21(11-9-20)18(24)14-5-2-3-6-14/h4,7,12-14H,2-3,5-6,8-11H2,1H3,(H,19,22). The highest BCUT2D eigenvalue weighted by Crippen LogP contribution is 2.26. The van der Waals surface area contributed by atoms with Crippen molar-refractivity contribution in [2.45, 2.75) is 38.6 Å². The average molecular weight is 347 g/mol. The predicted octanol–water partition coefficient (Wildman–Crippen LogP) is 1.26. The zero-order valence-electron chi connectivity index (χ0n) is 14.6. The van der Waals surface area contributed by atoms with Crippen LogP contribution >= 0.6 is 0 Å². The lowest BCUT2D eigenvalue weighted by molar-refractivity contribution is -0.142. The van der Waals surface area contributed by atoms with Crippen LogP contribution in [0.2, 0.25) is 0 Å². The first kappa shape index (κ1) is 17.5. The van der Waals surface area contributed by atoms with Gasteiger partial charge >= 0.3 is 0 Å². The monoisotopic (exact) mass is 347 g/mol. The highest BCUT2D eigenvalue weighted by atomic mass is 16.3. The maximum Gasteiger partial charge on any atom is 0.287 e. The quantitative estimate of drug-likeness (QED) is 0.889. The molecule has 1 saturated heterocycles. The molecule has 1 atom stereocenters. The lowest BCUT2D eigenvalue weighted by atomic mass is 10.1. The summed E-state index contributed by atoms with van der Waals surface area (Å²) in [6, 6.07) is 2.55. The van der Waals surface area contributed by atoms with Gasteiger partial charge in [0.1, 0.15) is 6.04 Å². The molecule has 0 aromatic carbocycles. The second-order valence-electron chi connectivity index (χ2n) is 6.80. The van der Waals surface area contributed by atoms with Crippen LogP contribution in [0.3, 0.4) is 0 Å². The number of amides is 3. The van der Waals surface area contributed by atoms with Crippen LogP contribution in [-0.2, 0) is 9.59 Å². The van der Waals surface area contributed by atoms with Crippen LogP contribution in [0.1, 0.15) is 43.2 Å². The van der Waals surface area contributed by atoms with Gasteiger partial charge in [0, 0.05) is 32.1 Å². The zero-order chi connectivity index (χ0) is 17.8. The Morgan fingerprint density at radius 1 is 1.12 bits per heavy atom. The number of hydrogen-bond donors (Lipinski definition) is 1. The first-order valence-corrected chi connectivity index (χ1v) is 8.98. The Morgan fingerprint density at radius 3 is 2.36 bits per heavy atom. The number of hydrogen-bond acceptors (Lipinski definition) is 4. The second kappa shape index (κ2) is 7.72. The molecule has 1 N–H and O–H groups in total. The molecule has 3 rings (SSSR count). The number of carbonyl (C=O) groups is 3. The van der Waals surface area contributed by atoms with Crippen molar-refractivity contribution in [2.24, 2.45) is 5.92 Å². The van der Waals surface area contributed by atoms with Gasteiger partial charge in [0.05, 0.1) is 6.26 Å². The predicted molar refractivity (Wildman–Crippen MR) is 90.8 cm³/mol. The lowest BCUT2D eigenvalue weighted by Gasteiger charge is -2.37. The summed E-state index contributed by atoms with van der Waals surface area (Å²) in [5, 5.41) is 2.65. The number of carbonyl (C=O) groups excluding carboxylic acids is 3. The molecule has 1 aromatic rings. The van der Waals surface area contributed by atoms with Gasteiger partial charge in [0.2, 0.25) is 11.8 Å². The maximum absolute atomic E-state index is 12.5. The van der Waals surface area contributed by atoms with Crippen molar-refractivity contribution in [3.63, 3.8) is 0 Å². The van der Waals surface area contributed by atoms with E-state index in [1.54, 1.807) is 24.0 Å². The number of furan rings is 1. The molecule has 7 heteroatoms. The Balaban J connectivity index is 1.47. The van der Waals surface area contributed by atoms with Crippen molar-refractivity contribution in [1.82, 2.24) is 15.1 Å². The molecule has 3 amide bonds. The van der Waals surface area contributed by atoms with E-state index in [1.807, 2.05) is 4.90 Å². The molecule has 136 valence electrons. The minimum absolute atomic E-state index is 0.132. The molecule has 2 fully saturated rings. The molecule has 1 aliphatic carbocycles. The highest BCUT2D eigenvalue weighted by molar-refractivity contribution is 5.95. The molecule has 2 heterocycles. The summed E-state index contributed by atoms with van der Waals surface area (Å²) in [4.78, 5) is 40.5. The van der Waals surface area contributed by atoms with E-state index in [-0.39, 0.29) is 23.5 Å². The molecule has 2 aliphatic rings. The minimum Gasteiger partial charge on any atom is -0.459 e. The minimum atomic E-state index is -0.630. The van der Waals surface area contributed by atoms with Crippen molar-refractivity contribution in [1.29, 1.82) is 0 Å². The van der Waals surface area contributed by atoms with E-state index in [0.29, 0.717) is 26.2 Å². The van der Waals surface area contributed by atoms with Crippen LogP contribution in [0.15, 0.2) is 22.8 Å². The summed E-state index contributed by atoms with van der Waals surface area (Å²) in [5.41, 5.74) is 0. The van der Waals surface area contributed by atoms with Gasteiger partial charge in [-0.15, -0.1) is 0 Å². The number of rotatable bonds is 4. The van der Waals surface area contributed by atoms with E-state index >= 15 is 0 Å². The normalized spacial score (nSPS) is 19.7. The highest BCUT2D eigenvalue weighted by Gasteiger charge is 2.31. The van der Waals surface area contributed by atoms with Crippen molar-refractivity contribution in [3.8, 4) is 0 Å². The summed E-state index contributed by atoms with van der Waals surface area (Å²) in [6.07, 6.45) is 5.69. The Labute approximate surface area is 147 Å². The SMILES string of the molecule is CC(NC(=O)c1ccco1)C(=O)N1CCN(C(=O)C2CCCC2)CC1. The second-order valence-corrected chi connectivity index (χ2v) is 6.80. The summed E-state index contributed by atoms with van der Waals surface area (Å²) >= 11 is 0. The molecule has 1 aliphatic heterocycles. The van der Waals surface area contributed by atoms with E-state index in [2.05, 4.69) is 5.32 Å².